The van der Waals surface area contributed by atoms with Crippen molar-refractivity contribution in [3.8, 4) is 0 Å². The smallest absolute Gasteiger partial charge is 0.109 e. The molecule has 3 heteroatoms. The Bertz CT molecular complexity index is 170. The van der Waals surface area contributed by atoms with Gasteiger partial charge in [0.05, 0.1) is 6.54 Å². The minimum Gasteiger partial charge on any atom is -0.304 e. The van der Waals surface area contributed by atoms with E-state index in [4.69, 9.17) is 0 Å². The van der Waals surface area contributed by atoms with E-state index in [9.17, 15) is 0 Å². The molecule has 0 aromatic rings. The standard InChI is InChI=1S/C10H23N.C3H4N2/c1-4-7-9-11(6-3)10-8-5-2;1-2-5-3-4-1/h4-10H2,1-3H3;1,3H,2H2. The first-order chi connectivity index (χ1) is 7.85. The molecule has 0 saturated heterocycles. The second-order valence-corrected chi connectivity index (χ2v) is 3.95. The third-order valence-corrected chi connectivity index (χ3v) is 2.54. The SMILES string of the molecule is C1=NC=NC1.CCCCN(CC)CCCC. The van der Waals surface area contributed by atoms with Gasteiger partial charge in [0, 0.05) is 6.21 Å². The van der Waals surface area contributed by atoms with Gasteiger partial charge in [-0.1, -0.05) is 33.6 Å². The second kappa shape index (κ2) is 12.4. The number of unbranched alkanes of at least 4 members (excludes halogenated alkanes) is 2. The Kier molecular flexibility index (Phi) is 11.8. The van der Waals surface area contributed by atoms with Gasteiger partial charge in [-0.25, -0.2) is 4.99 Å². The van der Waals surface area contributed by atoms with Crippen molar-refractivity contribution >= 4 is 12.6 Å². The van der Waals surface area contributed by atoms with E-state index in [0.717, 1.165) is 6.54 Å². The lowest BCUT2D eigenvalue weighted by Gasteiger charge is -2.19. The first-order valence-electron chi connectivity index (χ1n) is 6.57. The molecule has 1 rings (SSSR count). The zero-order valence-electron chi connectivity index (χ0n) is 11.2. The molecule has 0 unspecified atom stereocenters. The Morgan fingerprint density at radius 1 is 1.06 bits per heavy atom. The predicted octanol–water partition coefficient (Wildman–Crippen LogP) is 3.01. The summed E-state index contributed by atoms with van der Waals surface area (Å²) in [6, 6.07) is 0. The summed E-state index contributed by atoms with van der Waals surface area (Å²) >= 11 is 0. The van der Waals surface area contributed by atoms with Gasteiger partial charge in [-0.05, 0) is 32.5 Å². The van der Waals surface area contributed by atoms with Crippen LogP contribution in [0.15, 0.2) is 9.98 Å². The van der Waals surface area contributed by atoms with Gasteiger partial charge in [0.25, 0.3) is 0 Å². The van der Waals surface area contributed by atoms with Crippen molar-refractivity contribution in [2.75, 3.05) is 26.2 Å². The summed E-state index contributed by atoms with van der Waals surface area (Å²) in [5.74, 6) is 0. The summed E-state index contributed by atoms with van der Waals surface area (Å²) in [5, 5.41) is 0. The number of hydrogen-bond donors (Lipinski definition) is 0. The van der Waals surface area contributed by atoms with Crippen LogP contribution in [0.2, 0.25) is 0 Å². The van der Waals surface area contributed by atoms with E-state index in [-0.39, 0.29) is 0 Å². The molecule has 94 valence electrons. The van der Waals surface area contributed by atoms with Crippen molar-refractivity contribution in [3.05, 3.63) is 0 Å². The Morgan fingerprint density at radius 3 is 1.94 bits per heavy atom. The van der Waals surface area contributed by atoms with Crippen LogP contribution < -0.4 is 0 Å². The molecule has 0 atom stereocenters. The summed E-state index contributed by atoms with van der Waals surface area (Å²) < 4.78 is 0. The zero-order valence-corrected chi connectivity index (χ0v) is 11.2. The molecule has 0 radical (unpaired) electrons. The molecule has 1 heterocycles. The maximum absolute atomic E-state index is 3.74. The highest BCUT2D eigenvalue weighted by atomic mass is 15.1. The molecule has 0 spiro atoms. The molecule has 0 N–H and O–H groups in total. The predicted molar refractivity (Wildman–Crippen MR) is 73.8 cm³/mol. The van der Waals surface area contributed by atoms with Crippen molar-refractivity contribution in [1.82, 2.24) is 4.90 Å². The first-order valence-corrected chi connectivity index (χ1v) is 6.57. The summed E-state index contributed by atoms with van der Waals surface area (Å²) in [6.07, 6.45) is 8.68. The summed E-state index contributed by atoms with van der Waals surface area (Å²) in [6.45, 7) is 11.4. The van der Waals surface area contributed by atoms with Crippen LogP contribution in [0.1, 0.15) is 46.5 Å². The summed E-state index contributed by atoms with van der Waals surface area (Å²) in [5.41, 5.74) is 0. The lowest BCUT2D eigenvalue weighted by atomic mass is 10.2. The number of aliphatic imine (C=N–C) groups is 2. The average molecular weight is 225 g/mol. The second-order valence-electron chi connectivity index (χ2n) is 3.95. The average Bonchev–Trinajstić information content (AvgIpc) is 2.88. The molecule has 0 bridgehead atoms. The van der Waals surface area contributed by atoms with Gasteiger partial charge < -0.3 is 4.90 Å². The van der Waals surface area contributed by atoms with Gasteiger partial charge in [-0.15, -0.1) is 0 Å². The zero-order chi connectivity index (χ0) is 12.1. The maximum Gasteiger partial charge on any atom is 0.109 e. The van der Waals surface area contributed by atoms with Gasteiger partial charge in [0.15, 0.2) is 0 Å². The van der Waals surface area contributed by atoms with Gasteiger partial charge in [-0.3, -0.25) is 4.99 Å². The fraction of sp³-hybridized carbons (Fsp3) is 0.846. The molecular weight excluding hydrogens is 198 g/mol. The first kappa shape index (κ1) is 15.3. The Balaban J connectivity index is 0.000000368. The summed E-state index contributed by atoms with van der Waals surface area (Å²) in [4.78, 5) is 9.95. The largest absolute Gasteiger partial charge is 0.304 e. The third-order valence-electron chi connectivity index (χ3n) is 2.54. The molecule has 0 aliphatic carbocycles. The molecule has 0 fully saturated rings. The molecule has 16 heavy (non-hydrogen) atoms. The van der Waals surface area contributed by atoms with Crippen LogP contribution in [0.4, 0.5) is 0 Å². The van der Waals surface area contributed by atoms with Crippen LogP contribution in [0.3, 0.4) is 0 Å². The van der Waals surface area contributed by atoms with E-state index < -0.39 is 0 Å². The van der Waals surface area contributed by atoms with Crippen molar-refractivity contribution in [2.24, 2.45) is 9.98 Å². The highest BCUT2D eigenvalue weighted by Crippen LogP contribution is 1.97. The fourth-order valence-electron chi connectivity index (χ4n) is 1.43. The fourth-order valence-corrected chi connectivity index (χ4v) is 1.43. The normalized spacial score (nSPS) is 13.0. The van der Waals surface area contributed by atoms with Gasteiger partial charge in [0.2, 0.25) is 0 Å². The third kappa shape index (κ3) is 9.84. The lowest BCUT2D eigenvalue weighted by Crippen LogP contribution is -2.25. The van der Waals surface area contributed by atoms with E-state index in [0.29, 0.717) is 0 Å². The minimum atomic E-state index is 0.778. The lowest BCUT2D eigenvalue weighted by molar-refractivity contribution is 0.279. The monoisotopic (exact) mass is 225 g/mol. The maximum atomic E-state index is 3.74. The topological polar surface area (TPSA) is 28.0 Å². The van der Waals surface area contributed by atoms with Gasteiger partial charge >= 0.3 is 0 Å². The van der Waals surface area contributed by atoms with E-state index in [1.54, 1.807) is 12.6 Å². The molecule has 3 nitrogen and oxygen atoms in total. The van der Waals surface area contributed by atoms with Crippen LogP contribution in [-0.4, -0.2) is 43.6 Å². The van der Waals surface area contributed by atoms with Crippen LogP contribution in [0.5, 0.6) is 0 Å². The molecule has 1 aliphatic rings. The summed E-state index contributed by atoms with van der Waals surface area (Å²) in [7, 11) is 0. The highest BCUT2D eigenvalue weighted by Gasteiger charge is 1.98. The Morgan fingerprint density at radius 2 is 1.69 bits per heavy atom. The van der Waals surface area contributed by atoms with Crippen molar-refractivity contribution in [3.63, 3.8) is 0 Å². The van der Waals surface area contributed by atoms with Crippen LogP contribution in [0, 0.1) is 0 Å². The molecule has 1 aliphatic heterocycles. The minimum absolute atomic E-state index is 0.778. The van der Waals surface area contributed by atoms with Crippen molar-refractivity contribution in [2.45, 2.75) is 46.5 Å². The molecule has 0 saturated carbocycles. The highest BCUT2D eigenvalue weighted by molar-refractivity contribution is 5.79. The Labute approximate surface area is 101 Å². The van der Waals surface area contributed by atoms with Crippen LogP contribution in [-0.2, 0) is 0 Å². The van der Waals surface area contributed by atoms with Crippen molar-refractivity contribution < 1.29 is 0 Å². The van der Waals surface area contributed by atoms with E-state index in [1.165, 1.54) is 45.3 Å². The van der Waals surface area contributed by atoms with Crippen LogP contribution >= 0.6 is 0 Å². The number of nitrogens with zero attached hydrogens (tertiary/aromatic N) is 3. The van der Waals surface area contributed by atoms with Gasteiger partial charge in [-0.2, -0.15) is 0 Å². The molecule has 0 aromatic carbocycles. The molecule has 0 aromatic heterocycles. The van der Waals surface area contributed by atoms with Crippen molar-refractivity contribution in [1.29, 1.82) is 0 Å². The van der Waals surface area contributed by atoms with E-state index in [2.05, 4.69) is 35.7 Å². The molecule has 0 amide bonds. The Hall–Kier alpha value is -0.700. The quantitative estimate of drug-likeness (QED) is 0.654. The van der Waals surface area contributed by atoms with E-state index in [1.807, 2.05) is 0 Å². The molecular formula is C13H27N3. The van der Waals surface area contributed by atoms with Crippen LogP contribution in [0.25, 0.3) is 0 Å². The number of hydrogen-bond acceptors (Lipinski definition) is 3. The van der Waals surface area contributed by atoms with E-state index >= 15 is 0 Å². The van der Waals surface area contributed by atoms with Gasteiger partial charge in [0.1, 0.15) is 6.34 Å². The number of rotatable bonds is 7.